The van der Waals surface area contributed by atoms with Crippen molar-refractivity contribution >= 4 is 17.6 Å². The summed E-state index contributed by atoms with van der Waals surface area (Å²) in [4.78, 5) is 36.2. The molecule has 124 valence electrons. The molecule has 1 aromatic heterocycles. The maximum atomic E-state index is 12.4. The highest BCUT2D eigenvalue weighted by molar-refractivity contribution is 5.92. The highest BCUT2D eigenvalue weighted by atomic mass is 16.2. The molecule has 0 atom stereocenters. The molecule has 2 heterocycles. The first-order valence-electron chi connectivity index (χ1n) is 7.90. The molecule has 1 aliphatic rings. The van der Waals surface area contributed by atoms with Gasteiger partial charge in [0.2, 0.25) is 0 Å². The van der Waals surface area contributed by atoms with Gasteiger partial charge in [-0.1, -0.05) is 18.2 Å². The van der Waals surface area contributed by atoms with Gasteiger partial charge in [-0.2, -0.15) is 0 Å². The van der Waals surface area contributed by atoms with Crippen molar-refractivity contribution in [2.45, 2.75) is 6.42 Å². The van der Waals surface area contributed by atoms with E-state index in [0.717, 1.165) is 12.1 Å². The van der Waals surface area contributed by atoms with E-state index in [1.54, 1.807) is 9.80 Å². The number of aromatic nitrogens is 2. The van der Waals surface area contributed by atoms with Crippen LogP contribution in [0.25, 0.3) is 0 Å². The number of amides is 3. The number of hydrogen-bond donors (Lipinski definition) is 1. The molecule has 2 aromatic rings. The predicted octanol–water partition coefficient (Wildman–Crippen LogP) is 1.86. The van der Waals surface area contributed by atoms with Gasteiger partial charge in [0.15, 0.2) is 0 Å². The fraction of sp³-hybridized carbons (Fsp3) is 0.294. The van der Waals surface area contributed by atoms with Gasteiger partial charge in [-0.15, -0.1) is 0 Å². The molecular formula is C17H19N5O2. The zero-order chi connectivity index (χ0) is 16.8. The van der Waals surface area contributed by atoms with Crippen molar-refractivity contribution in [3.63, 3.8) is 0 Å². The molecule has 1 aromatic carbocycles. The van der Waals surface area contributed by atoms with Gasteiger partial charge >= 0.3 is 6.03 Å². The molecule has 0 saturated carbocycles. The molecular weight excluding hydrogens is 306 g/mol. The Bertz CT molecular complexity index is 693. The molecule has 0 spiro atoms. The molecule has 0 aliphatic carbocycles. The number of nitrogens with zero attached hydrogens (tertiary/aromatic N) is 4. The minimum absolute atomic E-state index is 0.144. The molecule has 7 heteroatoms. The number of carbonyl (C=O) groups is 2. The van der Waals surface area contributed by atoms with Crippen molar-refractivity contribution < 1.29 is 9.59 Å². The van der Waals surface area contributed by atoms with Crippen LogP contribution < -0.4 is 5.32 Å². The molecule has 7 nitrogen and oxygen atoms in total. The zero-order valence-electron chi connectivity index (χ0n) is 13.3. The van der Waals surface area contributed by atoms with E-state index < -0.39 is 0 Å². The number of hydrogen-bond acceptors (Lipinski definition) is 4. The third-order valence-electron chi connectivity index (χ3n) is 3.88. The van der Waals surface area contributed by atoms with Gasteiger partial charge in [0.1, 0.15) is 5.69 Å². The smallest absolute Gasteiger partial charge is 0.321 e. The summed E-state index contributed by atoms with van der Waals surface area (Å²) >= 11 is 0. The van der Waals surface area contributed by atoms with E-state index in [9.17, 15) is 9.59 Å². The quantitative estimate of drug-likeness (QED) is 0.914. The lowest BCUT2D eigenvalue weighted by atomic mass is 10.3. The monoisotopic (exact) mass is 325 g/mol. The van der Waals surface area contributed by atoms with Crippen LogP contribution in [0.5, 0.6) is 0 Å². The van der Waals surface area contributed by atoms with Crippen LogP contribution in [-0.4, -0.2) is 57.9 Å². The van der Waals surface area contributed by atoms with Gasteiger partial charge in [-0.3, -0.25) is 9.78 Å². The third-order valence-corrected chi connectivity index (χ3v) is 3.88. The normalized spacial score (nSPS) is 14.8. The Kier molecular flexibility index (Phi) is 5.00. The lowest BCUT2D eigenvalue weighted by Gasteiger charge is -2.22. The first-order valence-corrected chi connectivity index (χ1v) is 7.90. The fourth-order valence-corrected chi connectivity index (χ4v) is 2.62. The number of para-hydroxylation sites is 1. The van der Waals surface area contributed by atoms with Gasteiger partial charge in [0.25, 0.3) is 5.91 Å². The SMILES string of the molecule is O=C(Nc1ccccc1)N1CCCN(C(=O)c2cnccn2)CC1. The summed E-state index contributed by atoms with van der Waals surface area (Å²) in [7, 11) is 0. The third kappa shape index (κ3) is 3.87. The molecule has 1 aliphatic heterocycles. The van der Waals surface area contributed by atoms with Crippen molar-refractivity contribution in [2.24, 2.45) is 0 Å². The highest BCUT2D eigenvalue weighted by Crippen LogP contribution is 2.10. The summed E-state index contributed by atoms with van der Waals surface area (Å²) in [6, 6.07) is 9.20. The van der Waals surface area contributed by atoms with Gasteiger partial charge < -0.3 is 15.1 Å². The standard InChI is InChI=1S/C17H19N5O2/c23-16(15-13-18-7-8-19-15)21-9-4-10-22(12-11-21)17(24)20-14-5-2-1-3-6-14/h1-3,5-8,13H,4,9-12H2,(H,20,24). The Balaban J connectivity index is 1.59. The van der Waals surface area contributed by atoms with Crippen molar-refractivity contribution in [3.8, 4) is 0 Å². The topological polar surface area (TPSA) is 78.4 Å². The van der Waals surface area contributed by atoms with Gasteiger partial charge in [0, 0.05) is 44.3 Å². The number of nitrogens with one attached hydrogen (secondary N) is 1. The van der Waals surface area contributed by atoms with Crippen LogP contribution in [0.4, 0.5) is 10.5 Å². The lowest BCUT2D eigenvalue weighted by molar-refractivity contribution is 0.0756. The Morgan fingerprint density at radius 3 is 2.46 bits per heavy atom. The second kappa shape index (κ2) is 7.54. The number of carbonyl (C=O) groups excluding carboxylic acids is 2. The molecule has 1 N–H and O–H groups in total. The summed E-state index contributed by atoms with van der Waals surface area (Å²) in [5, 5.41) is 2.88. The van der Waals surface area contributed by atoms with Crippen LogP contribution in [0, 0.1) is 0 Å². The predicted molar refractivity (Wildman–Crippen MR) is 89.6 cm³/mol. The molecule has 0 radical (unpaired) electrons. The summed E-state index contributed by atoms with van der Waals surface area (Å²) in [6.45, 7) is 2.19. The maximum absolute atomic E-state index is 12.4. The van der Waals surface area contributed by atoms with Crippen molar-refractivity contribution in [1.29, 1.82) is 0 Å². The van der Waals surface area contributed by atoms with Crippen LogP contribution >= 0.6 is 0 Å². The average molecular weight is 325 g/mol. The Labute approximate surface area is 140 Å². The Hall–Kier alpha value is -2.96. The number of benzene rings is 1. The van der Waals surface area contributed by atoms with E-state index in [2.05, 4.69) is 15.3 Å². The minimum Gasteiger partial charge on any atom is -0.335 e. The average Bonchev–Trinajstić information content (AvgIpc) is 2.89. The van der Waals surface area contributed by atoms with Crippen molar-refractivity contribution in [2.75, 3.05) is 31.5 Å². The van der Waals surface area contributed by atoms with Gasteiger partial charge in [-0.05, 0) is 18.6 Å². The Morgan fingerprint density at radius 2 is 1.71 bits per heavy atom. The minimum atomic E-state index is -0.145. The van der Waals surface area contributed by atoms with Crippen LogP contribution in [0.2, 0.25) is 0 Å². The van der Waals surface area contributed by atoms with E-state index in [4.69, 9.17) is 0 Å². The molecule has 3 amide bonds. The number of urea groups is 1. The maximum Gasteiger partial charge on any atom is 0.321 e. The molecule has 1 saturated heterocycles. The van der Waals surface area contributed by atoms with E-state index in [1.165, 1.54) is 18.6 Å². The first kappa shape index (κ1) is 15.9. The second-order valence-corrected chi connectivity index (χ2v) is 5.52. The highest BCUT2D eigenvalue weighted by Gasteiger charge is 2.23. The molecule has 3 rings (SSSR count). The first-order chi connectivity index (χ1) is 11.7. The van der Waals surface area contributed by atoms with Crippen LogP contribution in [0.1, 0.15) is 16.9 Å². The van der Waals surface area contributed by atoms with Crippen LogP contribution in [-0.2, 0) is 0 Å². The molecule has 0 bridgehead atoms. The summed E-state index contributed by atoms with van der Waals surface area (Å²) in [5.41, 5.74) is 1.10. The molecule has 1 fully saturated rings. The van der Waals surface area contributed by atoms with E-state index in [-0.39, 0.29) is 11.9 Å². The summed E-state index contributed by atoms with van der Waals surface area (Å²) in [6.07, 6.45) is 5.24. The van der Waals surface area contributed by atoms with Crippen molar-refractivity contribution in [1.82, 2.24) is 19.8 Å². The van der Waals surface area contributed by atoms with Crippen LogP contribution in [0.15, 0.2) is 48.9 Å². The fourth-order valence-electron chi connectivity index (χ4n) is 2.62. The largest absolute Gasteiger partial charge is 0.335 e. The molecule has 24 heavy (non-hydrogen) atoms. The van der Waals surface area contributed by atoms with E-state index in [1.807, 2.05) is 30.3 Å². The van der Waals surface area contributed by atoms with Crippen LogP contribution in [0.3, 0.4) is 0 Å². The number of anilines is 1. The molecule has 0 unspecified atom stereocenters. The van der Waals surface area contributed by atoms with E-state index in [0.29, 0.717) is 31.9 Å². The second-order valence-electron chi connectivity index (χ2n) is 5.52. The van der Waals surface area contributed by atoms with E-state index >= 15 is 0 Å². The van der Waals surface area contributed by atoms with Crippen molar-refractivity contribution in [3.05, 3.63) is 54.6 Å². The summed E-state index contributed by atoms with van der Waals surface area (Å²) in [5.74, 6) is -0.145. The number of rotatable bonds is 2. The van der Waals surface area contributed by atoms with Gasteiger partial charge in [0.05, 0.1) is 6.20 Å². The lowest BCUT2D eigenvalue weighted by Crippen LogP contribution is -2.39. The zero-order valence-corrected chi connectivity index (χ0v) is 13.3. The summed E-state index contributed by atoms with van der Waals surface area (Å²) < 4.78 is 0. The van der Waals surface area contributed by atoms with Gasteiger partial charge in [-0.25, -0.2) is 9.78 Å². The Morgan fingerprint density at radius 1 is 0.958 bits per heavy atom.